The molecule has 0 atom stereocenters. The van der Waals surface area contributed by atoms with Crippen molar-refractivity contribution in [3.8, 4) is 0 Å². The smallest absolute Gasteiger partial charge is 0.276 e. The van der Waals surface area contributed by atoms with Gasteiger partial charge in [-0.2, -0.15) is 0 Å². The lowest BCUT2D eigenvalue weighted by Gasteiger charge is -2.13. The van der Waals surface area contributed by atoms with Crippen molar-refractivity contribution >= 4 is 52.8 Å². The van der Waals surface area contributed by atoms with Gasteiger partial charge in [0.1, 0.15) is 5.70 Å². The monoisotopic (exact) mass is 606 g/mol. The number of nitrogens with zero attached hydrogens (tertiary/aromatic N) is 2. The second kappa shape index (κ2) is 13.6. The van der Waals surface area contributed by atoms with Crippen molar-refractivity contribution in [1.29, 1.82) is 0 Å². The first-order valence-corrected chi connectivity index (χ1v) is 14.6. The number of hydrogen-bond donors (Lipinski definition) is 2. The number of rotatable bonds is 11. The van der Waals surface area contributed by atoms with Crippen molar-refractivity contribution < 1.29 is 24.1 Å². The van der Waals surface area contributed by atoms with Gasteiger partial charge < -0.3 is 10.6 Å². The van der Waals surface area contributed by atoms with Crippen molar-refractivity contribution in [2.24, 2.45) is 0 Å². The van der Waals surface area contributed by atoms with E-state index in [1.807, 2.05) is 12.1 Å². The van der Waals surface area contributed by atoms with Crippen LogP contribution in [0.3, 0.4) is 0 Å². The molecule has 1 heterocycles. The van der Waals surface area contributed by atoms with Gasteiger partial charge in [-0.1, -0.05) is 42.5 Å². The van der Waals surface area contributed by atoms with E-state index in [0.717, 1.165) is 4.90 Å². The standard InChI is InChI=1S/C33H26N4O6S/c38-30(22-9-2-1-3-10-22)35-28(21-23-11-4-7-14-29(23)37(42)43)31(39)34-24-15-17-25(18-16-24)44-20-8-19-36-32(40)26-12-5-6-13-27(26)33(36)41/h1-7,9-18,21H,8,19-20H2,(H,34,39)(H,35,38)/b28-21+. The third kappa shape index (κ3) is 6.90. The summed E-state index contributed by atoms with van der Waals surface area (Å²) in [5.74, 6) is -1.09. The van der Waals surface area contributed by atoms with Gasteiger partial charge in [0.25, 0.3) is 29.3 Å². The number of fused-ring (bicyclic) bond motifs is 1. The molecular weight excluding hydrogens is 580 g/mol. The number of nitro groups is 1. The van der Waals surface area contributed by atoms with Crippen LogP contribution in [0.5, 0.6) is 0 Å². The summed E-state index contributed by atoms with van der Waals surface area (Å²) in [7, 11) is 0. The summed E-state index contributed by atoms with van der Waals surface area (Å²) in [4.78, 5) is 64.4. The number of benzene rings is 4. The first-order valence-electron chi connectivity index (χ1n) is 13.6. The van der Waals surface area contributed by atoms with Gasteiger partial charge in [0.05, 0.1) is 21.6 Å². The van der Waals surface area contributed by atoms with Crippen LogP contribution in [0.1, 0.15) is 43.1 Å². The van der Waals surface area contributed by atoms with Gasteiger partial charge in [-0.25, -0.2) is 0 Å². The molecule has 1 aliphatic heterocycles. The average molecular weight is 607 g/mol. The van der Waals surface area contributed by atoms with E-state index in [1.54, 1.807) is 84.6 Å². The Morgan fingerprint density at radius 2 is 1.43 bits per heavy atom. The van der Waals surface area contributed by atoms with E-state index in [0.29, 0.717) is 41.1 Å². The summed E-state index contributed by atoms with van der Waals surface area (Å²) in [5.41, 5.74) is 1.41. The Balaban J connectivity index is 1.21. The Morgan fingerprint density at radius 1 is 0.818 bits per heavy atom. The molecule has 2 N–H and O–H groups in total. The number of imide groups is 1. The number of anilines is 1. The fourth-order valence-corrected chi connectivity index (χ4v) is 5.40. The molecular formula is C33H26N4O6S. The molecule has 0 aromatic heterocycles. The SMILES string of the molecule is O=C(Nc1ccc(SCCCN2C(=O)c3ccccc3C2=O)cc1)/C(=C\c1ccccc1[N+](=O)[O-])NC(=O)c1ccccc1. The van der Waals surface area contributed by atoms with Crippen LogP contribution in [-0.4, -0.2) is 45.7 Å². The topological polar surface area (TPSA) is 139 Å². The highest BCUT2D eigenvalue weighted by molar-refractivity contribution is 7.99. The molecule has 4 amide bonds. The molecule has 0 bridgehead atoms. The normalized spacial score (nSPS) is 12.5. The van der Waals surface area contributed by atoms with Crippen LogP contribution in [0.4, 0.5) is 11.4 Å². The summed E-state index contributed by atoms with van der Waals surface area (Å²) < 4.78 is 0. The van der Waals surface area contributed by atoms with Gasteiger partial charge in [0.15, 0.2) is 0 Å². The van der Waals surface area contributed by atoms with Crippen LogP contribution in [-0.2, 0) is 4.79 Å². The molecule has 11 heteroatoms. The van der Waals surface area contributed by atoms with Gasteiger partial charge in [0.2, 0.25) is 0 Å². The van der Waals surface area contributed by atoms with E-state index >= 15 is 0 Å². The molecule has 0 aliphatic carbocycles. The number of thioether (sulfide) groups is 1. The average Bonchev–Trinajstić information content (AvgIpc) is 3.28. The molecule has 4 aromatic carbocycles. The van der Waals surface area contributed by atoms with Crippen molar-refractivity contribution in [3.63, 3.8) is 0 Å². The highest BCUT2D eigenvalue weighted by Gasteiger charge is 2.34. The van der Waals surface area contributed by atoms with E-state index in [2.05, 4.69) is 10.6 Å². The molecule has 10 nitrogen and oxygen atoms in total. The Morgan fingerprint density at radius 3 is 2.09 bits per heavy atom. The summed E-state index contributed by atoms with van der Waals surface area (Å²) >= 11 is 1.54. The minimum atomic E-state index is -0.659. The number of amides is 4. The Hall–Kier alpha value is -5.55. The fourth-order valence-electron chi connectivity index (χ4n) is 4.56. The van der Waals surface area contributed by atoms with Gasteiger partial charge in [0, 0.05) is 28.8 Å². The van der Waals surface area contributed by atoms with E-state index < -0.39 is 16.7 Å². The quantitative estimate of drug-likeness (QED) is 0.0551. The lowest BCUT2D eigenvalue weighted by atomic mass is 10.1. The molecule has 0 saturated heterocycles. The van der Waals surface area contributed by atoms with Crippen LogP contribution in [0.2, 0.25) is 0 Å². The maximum Gasteiger partial charge on any atom is 0.276 e. The first kappa shape index (κ1) is 29.9. The number of para-hydroxylation sites is 1. The van der Waals surface area contributed by atoms with Crippen molar-refractivity contribution in [2.45, 2.75) is 11.3 Å². The minimum absolute atomic E-state index is 0.156. The van der Waals surface area contributed by atoms with Gasteiger partial charge in [-0.15, -0.1) is 11.8 Å². The zero-order valence-corrected chi connectivity index (χ0v) is 24.1. The first-order chi connectivity index (χ1) is 21.3. The second-order valence-electron chi connectivity index (χ2n) is 9.68. The summed E-state index contributed by atoms with van der Waals surface area (Å²) in [6, 6.07) is 28.0. The summed E-state index contributed by atoms with van der Waals surface area (Å²) in [6.45, 7) is 0.316. The lowest BCUT2D eigenvalue weighted by Crippen LogP contribution is -2.31. The number of hydrogen-bond acceptors (Lipinski definition) is 7. The molecule has 0 unspecified atom stereocenters. The second-order valence-corrected chi connectivity index (χ2v) is 10.9. The Labute approximate surface area is 256 Å². The zero-order chi connectivity index (χ0) is 31.1. The van der Waals surface area contributed by atoms with E-state index in [-0.39, 0.29) is 28.8 Å². The van der Waals surface area contributed by atoms with Crippen molar-refractivity contribution in [3.05, 3.63) is 141 Å². The predicted molar refractivity (Wildman–Crippen MR) is 167 cm³/mol. The molecule has 1 aliphatic rings. The summed E-state index contributed by atoms with van der Waals surface area (Å²) in [5, 5.41) is 16.8. The molecule has 0 radical (unpaired) electrons. The molecule has 44 heavy (non-hydrogen) atoms. The van der Waals surface area contributed by atoms with E-state index in [9.17, 15) is 29.3 Å². The molecule has 0 spiro atoms. The van der Waals surface area contributed by atoms with Crippen LogP contribution in [0.15, 0.2) is 114 Å². The predicted octanol–water partition coefficient (Wildman–Crippen LogP) is 5.78. The van der Waals surface area contributed by atoms with Crippen molar-refractivity contribution in [1.82, 2.24) is 10.2 Å². The van der Waals surface area contributed by atoms with Gasteiger partial charge in [-0.3, -0.25) is 34.2 Å². The largest absolute Gasteiger partial charge is 0.321 e. The van der Waals surface area contributed by atoms with Crippen LogP contribution in [0.25, 0.3) is 6.08 Å². The minimum Gasteiger partial charge on any atom is -0.321 e. The lowest BCUT2D eigenvalue weighted by molar-refractivity contribution is -0.385. The Bertz CT molecular complexity index is 1740. The molecule has 5 rings (SSSR count). The molecule has 0 fully saturated rings. The molecule has 220 valence electrons. The number of carbonyl (C=O) groups excluding carboxylic acids is 4. The Kier molecular flexibility index (Phi) is 9.26. The summed E-state index contributed by atoms with van der Waals surface area (Å²) in [6.07, 6.45) is 1.88. The highest BCUT2D eigenvalue weighted by Crippen LogP contribution is 2.25. The fraction of sp³-hybridized carbons (Fsp3) is 0.0909. The maximum absolute atomic E-state index is 13.3. The number of nitro benzene ring substituents is 1. The van der Waals surface area contributed by atoms with Crippen molar-refractivity contribution in [2.75, 3.05) is 17.6 Å². The highest BCUT2D eigenvalue weighted by atomic mass is 32.2. The molecule has 0 saturated carbocycles. The third-order valence-electron chi connectivity index (χ3n) is 6.75. The van der Waals surface area contributed by atoms with E-state index in [1.165, 1.54) is 29.2 Å². The zero-order valence-electron chi connectivity index (χ0n) is 23.3. The third-order valence-corrected chi connectivity index (χ3v) is 7.85. The van der Waals surface area contributed by atoms with Gasteiger partial charge >= 0.3 is 0 Å². The number of carbonyl (C=O) groups is 4. The number of nitrogens with one attached hydrogen (secondary N) is 2. The molecule has 4 aromatic rings. The van der Waals surface area contributed by atoms with Crippen LogP contribution < -0.4 is 10.6 Å². The van der Waals surface area contributed by atoms with E-state index in [4.69, 9.17) is 0 Å². The van der Waals surface area contributed by atoms with Crippen LogP contribution in [0, 0.1) is 10.1 Å². The van der Waals surface area contributed by atoms with Gasteiger partial charge in [-0.05, 0) is 72.8 Å². The maximum atomic E-state index is 13.3. The van der Waals surface area contributed by atoms with Crippen LogP contribution >= 0.6 is 11.8 Å².